The van der Waals surface area contributed by atoms with E-state index in [0.717, 1.165) is 12.3 Å². The van der Waals surface area contributed by atoms with E-state index < -0.39 is 6.10 Å². The molecule has 0 amide bonds. The van der Waals surface area contributed by atoms with Crippen molar-refractivity contribution in [1.82, 2.24) is 0 Å². The molecule has 3 nitrogen and oxygen atoms in total. The highest BCUT2D eigenvalue weighted by Gasteiger charge is 2.03. The van der Waals surface area contributed by atoms with E-state index in [0.29, 0.717) is 6.61 Å². The van der Waals surface area contributed by atoms with Gasteiger partial charge in [-0.2, -0.15) is 0 Å². The van der Waals surface area contributed by atoms with Gasteiger partial charge in [-0.25, -0.2) is 0 Å². The maximum absolute atomic E-state index is 9.13. The fourth-order valence-corrected chi connectivity index (χ4v) is 3.09. The minimum absolute atomic E-state index is 0.211. The molecule has 0 aliphatic heterocycles. The summed E-state index contributed by atoms with van der Waals surface area (Å²) in [6, 6.07) is 0. The van der Waals surface area contributed by atoms with Crippen LogP contribution in [0.15, 0.2) is 0 Å². The Morgan fingerprint density at radius 2 is 1.25 bits per heavy atom. The van der Waals surface area contributed by atoms with Crippen LogP contribution in [0.1, 0.15) is 104 Å². The maximum Gasteiger partial charge on any atom is 0.100 e. The molecule has 2 atom stereocenters. The first kappa shape index (κ1) is 23.9. The first-order chi connectivity index (χ1) is 11.7. The van der Waals surface area contributed by atoms with Gasteiger partial charge >= 0.3 is 0 Å². The highest BCUT2D eigenvalue weighted by atomic mass is 16.5. The smallest absolute Gasteiger partial charge is 0.100 e. The number of ether oxygens (including phenoxy) is 1. The van der Waals surface area contributed by atoms with E-state index in [4.69, 9.17) is 14.9 Å². The largest absolute Gasteiger partial charge is 0.394 e. The molecule has 24 heavy (non-hydrogen) atoms. The van der Waals surface area contributed by atoms with Gasteiger partial charge in [-0.15, -0.1) is 0 Å². The van der Waals surface area contributed by atoms with Gasteiger partial charge in [-0.05, 0) is 12.3 Å². The number of rotatable bonds is 19. The maximum atomic E-state index is 9.13. The molecule has 0 heterocycles. The Kier molecular flexibility index (Phi) is 19.1. The van der Waals surface area contributed by atoms with E-state index in [-0.39, 0.29) is 13.2 Å². The molecule has 0 spiro atoms. The van der Waals surface area contributed by atoms with Crippen LogP contribution in [-0.2, 0) is 4.74 Å². The van der Waals surface area contributed by atoms with Gasteiger partial charge < -0.3 is 14.9 Å². The summed E-state index contributed by atoms with van der Waals surface area (Å²) in [5.41, 5.74) is 0. The molecule has 2 N–H and O–H groups in total. The minimum Gasteiger partial charge on any atom is -0.394 e. The predicted molar refractivity (Wildman–Crippen MR) is 103 cm³/mol. The molecule has 146 valence electrons. The van der Waals surface area contributed by atoms with E-state index in [9.17, 15) is 0 Å². The second-order valence-electron chi connectivity index (χ2n) is 7.48. The van der Waals surface area contributed by atoms with Crippen molar-refractivity contribution in [2.45, 2.75) is 110 Å². The van der Waals surface area contributed by atoms with E-state index in [2.05, 4.69) is 13.8 Å². The van der Waals surface area contributed by atoms with Crippen molar-refractivity contribution in [2.75, 3.05) is 19.8 Å². The average Bonchev–Trinajstić information content (AvgIpc) is 2.59. The third-order valence-corrected chi connectivity index (χ3v) is 4.81. The Hall–Kier alpha value is -0.120. The first-order valence-electron chi connectivity index (χ1n) is 10.6. The van der Waals surface area contributed by atoms with Crippen molar-refractivity contribution >= 4 is 0 Å². The van der Waals surface area contributed by atoms with Crippen molar-refractivity contribution in [3.8, 4) is 0 Å². The van der Waals surface area contributed by atoms with Crippen LogP contribution in [0.25, 0.3) is 0 Å². The highest BCUT2D eigenvalue weighted by Crippen LogP contribution is 2.18. The quantitative estimate of drug-likeness (QED) is 0.305. The van der Waals surface area contributed by atoms with Gasteiger partial charge in [0.15, 0.2) is 0 Å². The molecule has 0 saturated heterocycles. The lowest BCUT2D eigenvalue weighted by molar-refractivity contribution is 0.00525. The summed E-state index contributed by atoms with van der Waals surface area (Å²) in [5, 5.41) is 17.8. The fraction of sp³-hybridized carbons (Fsp3) is 1.00. The van der Waals surface area contributed by atoms with Crippen LogP contribution in [0.2, 0.25) is 0 Å². The lowest BCUT2D eigenvalue weighted by Crippen LogP contribution is -2.19. The topological polar surface area (TPSA) is 49.7 Å². The molecule has 2 unspecified atom stereocenters. The molecule has 3 heteroatoms. The lowest BCUT2D eigenvalue weighted by atomic mass is 9.96. The molecule has 0 aromatic carbocycles. The summed E-state index contributed by atoms with van der Waals surface area (Å²) >= 11 is 0. The van der Waals surface area contributed by atoms with Crippen molar-refractivity contribution in [2.24, 2.45) is 5.92 Å². The Labute approximate surface area is 151 Å². The minimum atomic E-state index is -0.720. The number of aliphatic hydroxyl groups excluding tert-OH is 2. The summed E-state index contributed by atoms with van der Waals surface area (Å²) < 4.78 is 5.31. The second kappa shape index (κ2) is 19.2. The molecular weight excluding hydrogens is 300 g/mol. The summed E-state index contributed by atoms with van der Waals surface area (Å²) in [6.07, 6.45) is 18.2. The lowest BCUT2D eigenvalue weighted by Gasteiger charge is -2.11. The third-order valence-electron chi connectivity index (χ3n) is 4.81. The zero-order chi connectivity index (χ0) is 17.9. The molecule has 0 bridgehead atoms. The summed E-state index contributed by atoms with van der Waals surface area (Å²) in [5.74, 6) is 0.893. The third kappa shape index (κ3) is 18.2. The van der Waals surface area contributed by atoms with Crippen molar-refractivity contribution in [1.29, 1.82) is 0 Å². The van der Waals surface area contributed by atoms with E-state index in [1.807, 2.05) is 0 Å². The Balaban J connectivity index is 3.16. The average molecular weight is 345 g/mol. The van der Waals surface area contributed by atoms with Crippen molar-refractivity contribution in [3.63, 3.8) is 0 Å². The van der Waals surface area contributed by atoms with Gasteiger partial charge in [-0.1, -0.05) is 97.3 Å². The molecule has 0 aliphatic rings. The van der Waals surface area contributed by atoms with Crippen LogP contribution in [-0.4, -0.2) is 36.1 Å². The Bertz CT molecular complexity index is 233. The number of hydrogen-bond acceptors (Lipinski definition) is 3. The molecular formula is C21H44O3. The van der Waals surface area contributed by atoms with Crippen LogP contribution in [0.5, 0.6) is 0 Å². The summed E-state index contributed by atoms with van der Waals surface area (Å²) in [7, 11) is 0. The van der Waals surface area contributed by atoms with Gasteiger partial charge in [0.1, 0.15) is 6.10 Å². The molecule has 0 rings (SSSR count). The zero-order valence-corrected chi connectivity index (χ0v) is 16.5. The van der Waals surface area contributed by atoms with Crippen LogP contribution in [0.3, 0.4) is 0 Å². The standard InChI is InChI=1S/C21H44O3/c1-3-4-5-6-7-9-12-15-20(2)16-13-10-8-11-14-17-24-19-21(23)18-22/h20-23H,3-19H2,1-2H3. The number of hydrogen-bond donors (Lipinski definition) is 2. The summed E-state index contributed by atoms with van der Waals surface area (Å²) in [4.78, 5) is 0. The first-order valence-corrected chi connectivity index (χ1v) is 10.6. The highest BCUT2D eigenvalue weighted by molar-refractivity contribution is 4.56. The van der Waals surface area contributed by atoms with E-state index in [1.165, 1.54) is 83.5 Å². The molecule has 0 saturated carbocycles. The Morgan fingerprint density at radius 1 is 0.750 bits per heavy atom. The molecule has 0 aliphatic carbocycles. The number of aliphatic hydroxyl groups is 2. The van der Waals surface area contributed by atoms with Crippen LogP contribution in [0, 0.1) is 5.92 Å². The molecule has 0 aromatic rings. The van der Waals surface area contributed by atoms with Crippen LogP contribution >= 0.6 is 0 Å². The Morgan fingerprint density at radius 3 is 1.79 bits per heavy atom. The molecule has 0 radical (unpaired) electrons. The van der Waals surface area contributed by atoms with Gasteiger partial charge in [0, 0.05) is 6.61 Å². The van der Waals surface area contributed by atoms with E-state index in [1.54, 1.807) is 0 Å². The van der Waals surface area contributed by atoms with E-state index >= 15 is 0 Å². The van der Waals surface area contributed by atoms with Gasteiger partial charge in [-0.3, -0.25) is 0 Å². The van der Waals surface area contributed by atoms with Crippen molar-refractivity contribution < 1.29 is 14.9 Å². The fourth-order valence-electron chi connectivity index (χ4n) is 3.09. The van der Waals surface area contributed by atoms with Gasteiger partial charge in [0.2, 0.25) is 0 Å². The zero-order valence-electron chi connectivity index (χ0n) is 16.5. The normalized spacial score (nSPS) is 14.0. The molecule has 0 aromatic heterocycles. The summed E-state index contributed by atoms with van der Waals surface area (Å²) in [6.45, 7) is 5.44. The van der Waals surface area contributed by atoms with Crippen LogP contribution < -0.4 is 0 Å². The predicted octanol–water partition coefficient (Wildman–Crippen LogP) is 5.47. The van der Waals surface area contributed by atoms with Crippen LogP contribution in [0.4, 0.5) is 0 Å². The second-order valence-corrected chi connectivity index (χ2v) is 7.48. The monoisotopic (exact) mass is 344 g/mol. The SMILES string of the molecule is CCCCCCCCCC(C)CCCCCCCOCC(O)CO. The van der Waals surface area contributed by atoms with Gasteiger partial charge in [0.25, 0.3) is 0 Å². The van der Waals surface area contributed by atoms with Gasteiger partial charge in [0.05, 0.1) is 13.2 Å². The van der Waals surface area contributed by atoms with Crippen molar-refractivity contribution in [3.05, 3.63) is 0 Å². The number of unbranched alkanes of at least 4 members (excludes halogenated alkanes) is 10. The molecule has 0 fully saturated rings.